The number of nitrogens with two attached hydrogens (primary N) is 4. The van der Waals surface area contributed by atoms with E-state index in [0.717, 1.165) is 129 Å². The molecule has 7 aliphatic heterocycles. The number of non-ortho nitro benzene ring substituents is 3. The van der Waals surface area contributed by atoms with Crippen LogP contribution in [-0.4, -0.2) is 289 Å². The van der Waals surface area contributed by atoms with Gasteiger partial charge in [0.2, 0.25) is 17.8 Å². The number of carboxylic acids is 1. The Morgan fingerprint density at radius 1 is 0.407 bits per heavy atom. The molecule has 46 heteroatoms. The van der Waals surface area contributed by atoms with E-state index in [1.165, 1.54) is 75.3 Å². The third-order valence-corrected chi connectivity index (χ3v) is 24.8. The Morgan fingerprint density at radius 2 is 0.727 bits per heavy atom. The number of guanidine groups is 1. The van der Waals surface area contributed by atoms with E-state index in [1.54, 1.807) is 92.5 Å². The van der Waals surface area contributed by atoms with Crippen molar-refractivity contribution >= 4 is 140 Å². The number of anilines is 10. The van der Waals surface area contributed by atoms with Crippen LogP contribution in [0.5, 0.6) is 0 Å². The number of nitro groups is 3. The predicted molar refractivity (Wildman–Crippen MR) is 560 cm³/mol. The Morgan fingerprint density at radius 3 is 1.06 bits per heavy atom. The third kappa shape index (κ3) is 30.2. The number of aryl methyl sites for hydroxylation is 6. The van der Waals surface area contributed by atoms with Gasteiger partial charge in [0, 0.05) is 245 Å². The van der Waals surface area contributed by atoms with Gasteiger partial charge in [-0.3, -0.25) is 74.1 Å². The topological polar surface area (TPSA) is 631 Å². The van der Waals surface area contributed by atoms with Gasteiger partial charge in [0.1, 0.15) is 0 Å². The summed E-state index contributed by atoms with van der Waals surface area (Å²) < 4.78 is 0. The fourth-order valence-electron chi connectivity index (χ4n) is 16.5. The lowest BCUT2D eigenvalue weighted by atomic mass is 10.0. The number of nitrogens with one attached hydrogen (secondary N) is 3. The van der Waals surface area contributed by atoms with E-state index in [1.807, 2.05) is 127 Å². The molecule has 7 aliphatic rings. The number of rotatable bonds is 16. The number of likely N-dealkylation sites (N-methyl/N-ethyl adjacent to an activating group) is 3. The fourth-order valence-corrected chi connectivity index (χ4v) is 16.5. The van der Waals surface area contributed by atoms with Gasteiger partial charge in [-0.05, 0) is 176 Å². The molecule has 3 aromatic heterocycles. The minimum absolute atomic E-state index is 0.0201. The van der Waals surface area contributed by atoms with Crippen LogP contribution in [0, 0.1) is 77.3 Å². The van der Waals surface area contributed by atoms with E-state index in [-0.39, 0.29) is 88.7 Å². The van der Waals surface area contributed by atoms with Crippen molar-refractivity contribution in [2.75, 3.05) is 182 Å². The number of carbonyl (C=O) groups is 10. The summed E-state index contributed by atoms with van der Waals surface area (Å²) in [4.78, 5) is 197. The van der Waals surface area contributed by atoms with Crippen LogP contribution < -0.4 is 63.4 Å². The molecule has 4 saturated heterocycles. The minimum atomic E-state index is -2.33. The first kappa shape index (κ1) is 112. The zero-order valence-corrected chi connectivity index (χ0v) is 84.7. The number of Topliss-reactive ketones (excluding diaryl/α,β-unsaturated/α-hetero) is 1. The molecule has 0 saturated carbocycles. The molecule has 11 aromatic rings. The monoisotopic (exact) mass is 2050 g/mol. The number of nitrogen functional groups attached to an aromatic ring is 2. The first-order valence-electron chi connectivity index (χ1n) is 47.5. The maximum absolute atomic E-state index is 13.2. The van der Waals surface area contributed by atoms with E-state index in [9.17, 15) is 73.5 Å². The molecule has 8 aromatic carbocycles. The van der Waals surface area contributed by atoms with Crippen LogP contribution in [0.2, 0.25) is 0 Å². The second kappa shape index (κ2) is 51.5. The number of amides is 7. The zero-order valence-electron chi connectivity index (χ0n) is 84.7. The molecule has 7 amide bonds. The molecular formula is C104H117N27O19-2. The van der Waals surface area contributed by atoms with Crippen LogP contribution >= 0.6 is 0 Å². The van der Waals surface area contributed by atoms with Crippen LogP contribution in [0.1, 0.15) is 129 Å². The second-order valence-corrected chi connectivity index (χ2v) is 36.1. The number of piperazine rings is 3. The SMILES string of the molecule is Cc1ccc(C(=O)N2CCN(C)CC2)cc1.Cc1ccc(N)cc1N1CCc2nc(Nc3ccc(C(=O)N4CCN(C)CC4)cc3)ncc2C1=O.Cc1ccc([N+](=O)[O-])cc1N1CCC(=O)/C(=C\N(C)C)C1=O.Cc1ccc([N+](=O)[O-])cc1N1CCc2nc(N)ncc2C1=O.Cc1ccc([N+](=O)[O-])cc1N1CCc2nc(Nc3ccc(C(=O)N4CCN(C)CC4)cc3)ncc2C1=O.Cc1cccc(C(=O)O)c1.N=C(N)N.O=C([O-])[O-]. The molecule has 10 heterocycles. The van der Waals surface area contributed by atoms with Crippen molar-refractivity contribution in [3.05, 3.63) is 320 Å². The van der Waals surface area contributed by atoms with Crippen LogP contribution in [0.25, 0.3) is 0 Å². The highest BCUT2D eigenvalue weighted by molar-refractivity contribution is 6.26. The number of benzene rings is 8. The number of nitro benzene ring substituents is 3. The number of nitrogens with zero attached hydrogens (tertiary/aromatic N) is 20. The van der Waals surface area contributed by atoms with Crippen LogP contribution in [0.15, 0.2) is 200 Å². The predicted octanol–water partition coefficient (Wildman–Crippen LogP) is 8.33. The number of aromatic carboxylic acids is 1. The zero-order chi connectivity index (χ0) is 109. The maximum Gasteiger partial charge on any atom is 0.335 e. The summed E-state index contributed by atoms with van der Waals surface area (Å²) in [6.45, 7) is 22.8. The molecular weight excluding hydrogens is 1930 g/mol. The summed E-state index contributed by atoms with van der Waals surface area (Å²) in [5.74, 6) is -1.39. The fraction of sp³-hybridized carbons (Fsp3) is 0.298. The first-order chi connectivity index (χ1) is 71.3. The summed E-state index contributed by atoms with van der Waals surface area (Å²) >= 11 is 0. The molecule has 0 aliphatic carbocycles. The van der Waals surface area contributed by atoms with Gasteiger partial charge >= 0.3 is 5.97 Å². The molecule has 0 bridgehead atoms. The van der Waals surface area contributed by atoms with Gasteiger partial charge in [0.25, 0.3) is 58.4 Å². The lowest BCUT2D eigenvalue weighted by molar-refractivity contribution is -0.415. The molecule has 0 atom stereocenters. The molecule has 150 heavy (non-hydrogen) atoms. The van der Waals surface area contributed by atoms with E-state index >= 15 is 0 Å². The van der Waals surface area contributed by atoms with Crippen molar-refractivity contribution in [2.45, 2.75) is 67.2 Å². The van der Waals surface area contributed by atoms with Crippen molar-refractivity contribution in [1.29, 1.82) is 5.41 Å². The Hall–Kier alpha value is -18.2. The molecule has 4 fully saturated rings. The highest BCUT2D eigenvalue weighted by atomic mass is 16.6. The number of carboxylic acid groups (broad SMARTS) is 3. The molecule has 18 rings (SSSR count). The summed E-state index contributed by atoms with van der Waals surface area (Å²) in [6, 6.07) is 48.1. The number of fused-ring (bicyclic) bond motifs is 3. The summed E-state index contributed by atoms with van der Waals surface area (Å²) in [6.07, 6.45) is 5.44. The van der Waals surface area contributed by atoms with Gasteiger partial charge in [0.15, 0.2) is 11.7 Å². The average molecular weight is 2050 g/mol. The summed E-state index contributed by atoms with van der Waals surface area (Å²) in [5.41, 5.74) is 35.9. The number of ketones is 1. The van der Waals surface area contributed by atoms with Crippen LogP contribution in [-0.2, 0) is 28.9 Å². The largest absolute Gasteiger partial charge is 0.652 e. The average Bonchev–Trinajstić information content (AvgIpc) is 0.781. The summed E-state index contributed by atoms with van der Waals surface area (Å²) in [5, 5.41) is 70.6. The van der Waals surface area contributed by atoms with Gasteiger partial charge in [-0.15, -0.1) is 0 Å². The number of carbonyl (C=O) groups excluding carboxylic acids is 9. The van der Waals surface area contributed by atoms with Gasteiger partial charge in [-0.1, -0.05) is 59.7 Å². The van der Waals surface area contributed by atoms with Crippen molar-refractivity contribution in [3.63, 3.8) is 0 Å². The van der Waals surface area contributed by atoms with Gasteiger partial charge in [-0.2, -0.15) is 0 Å². The number of piperidine rings is 1. The van der Waals surface area contributed by atoms with Crippen molar-refractivity contribution in [2.24, 2.45) is 11.5 Å². The van der Waals surface area contributed by atoms with Crippen LogP contribution in [0.3, 0.4) is 0 Å². The van der Waals surface area contributed by atoms with Gasteiger partial charge < -0.3 is 108 Å². The van der Waals surface area contributed by atoms with E-state index in [0.29, 0.717) is 124 Å². The van der Waals surface area contributed by atoms with Crippen molar-refractivity contribution < 1.29 is 78.0 Å². The standard InChI is InChI=1S/C26H27N7O4.C26H29N7O2.C15H17N3O4.C14H13N5O3.C13H18N2O.C8H8O2.CH5N3.CH2O3/c1-17-3-8-20(33(36)37)15-23(17)32-10-9-22-21(25(32)35)16-27-26(29-22)28-19-6-4-18(5-7-19)24(34)31-13-11-30(2)12-14-31;1-17-3-6-19(27)15-23(17)33-10-9-22-21(25(33)35)16-28-26(30-22)29-20-7-4-18(5-8-20)24(34)32-13-11-31(2)12-14-32;1-10-4-5-11(18(21)22)8-13(10)17-7-6-14(19)12(15(17)20)9-16(2)3;1-8-2-3-9(19(21)22)6-12(8)18-5-4-11-10(13(18)20)7-16-14(15)17-11;1-11-3-5-12(6-4-11)13(16)15-9-7-14(2)8-10-15;1-6-3-2-4-7(5-6)8(9)10;2*2-1(3)4/h3-8,15-16H,9-14H2,1-2H3,(H,27,28,29);3-8,15-16H,9-14,27H2,1-2H3,(H,28,29,30);4-5,8-9H,6-7H2,1-3H3;2-3,6-7H,4-5H2,1H3,(H2,15,16,17);3-6H,7-10H2,1-2H3;2-5H,1H3,(H,9,10);(H5,2,3,4);(H2,2,3,4)/p-2/b;;12-9+;;;;;. The van der Waals surface area contributed by atoms with Crippen LogP contribution in [0.4, 0.5) is 79.5 Å². The number of aromatic nitrogens is 6. The Kier molecular flexibility index (Phi) is 38.5. The third-order valence-electron chi connectivity index (χ3n) is 24.8. The minimum Gasteiger partial charge on any atom is -0.652 e. The normalized spacial score (nSPS) is 15.0. The Balaban J connectivity index is 0.000000174. The van der Waals surface area contributed by atoms with Crippen molar-refractivity contribution in [1.82, 2.24) is 64.2 Å². The molecule has 0 radical (unpaired) electrons. The molecule has 0 spiro atoms. The van der Waals surface area contributed by atoms with E-state index < -0.39 is 32.8 Å². The smallest absolute Gasteiger partial charge is 0.335 e. The first-order valence-corrected chi connectivity index (χ1v) is 47.5. The highest BCUT2D eigenvalue weighted by Gasteiger charge is 2.36. The van der Waals surface area contributed by atoms with E-state index in [4.69, 9.17) is 37.0 Å². The van der Waals surface area contributed by atoms with Crippen molar-refractivity contribution in [3.8, 4) is 0 Å². The second-order valence-electron chi connectivity index (χ2n) is 36.1. The molecule has 784 valence electrons. The summed E-state index contributed by atoms with van der Waals surface area (Å²) in [7, 11) is 9.66. The highest BCUT2D eigenvalue weighted by Crippen LogP contribution is 2.36. The van der Waals surface area contributed by atoms with E-state index in [2.05, 4.69) is 87.8 Å². The Bertz CT molecular complexity index is 6890. The lowest BCUT2D eigenvalue weighted by Gasteiger charge is -2.32. The molecule has 12 N–H and O–H groups in total. The Labute approximate surface area is 863 Å². The van der Waals surface area contributed by atoms with Gasteiger partial charge in [-0.25, -0.2) is 34.7 Å². The number of hydrogen-bond acceptors (Lipinski definition) is 33. The number of hydrogen-bond donors (Lipinski definition) is 8. The lowest BCUT2D eigenvalue weighted by Crippen LogP contribution is -2.47. The van der Waals surface area contributed by atoms with Gasteiger partial charge in [0.05, 0.1) is 76.7 Å². The quantitative estimate of drug-likeness (QED) is 0.00856. The molecule has 46 nitrogen and oxygen atoms in total. The maximum atomic E-state index is 13.2. The molecule has 0 unspecified atom stereocenters.